The zero-order valence-electron chi connectivity index (χ0n) is 15.3. The Bertz CT molecular complexity index is 835. The topological polar surface area (TPSA) is 87.7 Å². The van der Waals surface area contributed by atoms with Crippen LogP contribution < -0.4 is 14.8 Å². The molecule has 7 heteroatoms. The van der Waals surface area contributed by atoms with Crippen molar-refractivity contribution in [2.75, 3.05) is 7.11 Å². The van der Waals surface area contributed by atoms with Crippen molar-refractivity contribution in [1.82, 2.24) is 10.0 Å². The Labute approximate surface area is 155 Å². The fourth-order valence-electron chi connectivity index (χ4n) is 2.66. The maximum atomic E-state index is 12.2. The zero-order valence-corrected chi connectivity index (χ0v) is 16.1. The molecular formula is C19H26N2O4S. The van der Waals surface area contributed by atoms with E-state index in [2.05, 4.69) is 10.0 Å². The largest absolute Gasteiger partial charge is 0.504 e. The molecule has 2 aromatic carbocycles. The molecular weight excluding hydrogens is 352 g/mol. The summed E-state index contributed by atoms with van der Waals surface area (Å²) in [4.78, 5) is 0. The number of phenols is 1. The number of aromatic hydroxyl groups is 1. The number of methoxy groups -OCH3 is 1. The first-order valence-corrected chi connectivity index (χ1v) is 10.1. The van der Waals surface area contributed by atoms with Crippen molar-refractivity contribution in [3.8, 4) is 11.5 Å². The molecule has 0 fully saturated rings. The highest BCUT2D eigenvalue weighted by Crippen LogP contribution is 2.26. The molecule has 2 aromatic rings. The molecule has 0 radical (unpaired) electrons. The summed E-state index contributed by atoms with van der Waals surface area (Å²) in [5, 5.41) is 13.1. The van der Waals surface area contributed by atoms with Gasteiger partial charge in [0.1, 0.15) is 0 Å². The highest BCUT2D eigenvalue weighted by atomic mass is 32.2. The highest BCUT2D eigenvalue weighted by Gasteiger charge is 2.15. The molecule has 0 atom stereocenters. The third kappa shape index (κ3) is 6.01. The normalized spacial score (nSPS) is 11.7. The molecule has 0 aliphatic heterocycles. The van der Waals surface area contributed by atoms with Gasteiger partial charge in [-0.3, -0.25) is 0 Å². The molecule has 0 aromatic heterocycles. The molecule has 6 nitrogen and oxygen atoms in total. The Morgan fingerprint density at radius 2 is 1.77 bits per heavy atom. The van der Waals surface area contributed by atoms with Crippen molar-refractivity contribution in [1.29, 1.82) is 0 Å². The molecule has 0 saturated heterocycles. The van der Waals surface area contributed by atoms with Crippen LogP contribution in [0, 0.1) is 0 Å². The molecule has 0 amide bonds. The van der Waals surface area contributed by atoms with Gasteiger partial charge in [0.25, 0.3) is 0 Å². The number of ether oxygens (including phenoxy) is 1. The van der Waals surface area contributed by atoms with Crippen molar-refractivity contribution in [2.45, 2.75) is 38.7 Å². The second kappa shape index (κ2) is 9.02. The Hall–Kier alpha value is -2.09. The summed E-state index contributed by atoms with van der Waals surface area (Å²) in [5.74, 6) is 0.479. The van der Waals surface area contributed by atoms with Crippen molar-refractivity contribution in [2.24, 2.45) is 0 Å². The second-order valence-electron chi connectivity index (χ2n) is 6.41. The van der Waals surface area contributed by atoms with Gasteiger partial charge < -0.3 is 15.2 Å². The van der Waals surface area contributed by atoms with E-state index >= 15 is 0 Å². The SMILES string of the molecule is COc1ccc(CNCc2ccccc2CS(=O)(=O)NC(C)C)cc1O. The van der Waals surface area contributed by atoms with Crippen LogP contribution in [0.5, 0.6) is 11.5 Å². The molecule has 0 aliphatic carbocycles. The average Bonchev–Trinajstić information content (AvgIpc) is 2.55. The number of rotatable bonds is 9. The standard InChI is InChI=1S/C19H26N2O4S/c1-14(2)21-26(23,24)13-17-7-5-4-6-16(17)12-20-11-15-8-9-19(25-3)18(22)10-15/h4-10,14,20-22H,11-13H2,1-3H3. The van der Waals surface area contributed by atoms with Crippen LogP contribution in [0.4, 0.5) is 0 Å². The number of sulfonamides is 1. The van der Waals surface area contributed by atoms with Crippen LogP contribution in [0.2, 0.25) is 0 Å². The van der Waals surface area contributed by atoms with E-state index in [9.17, 15) is 13.5 Å². The summed E-state index contributed by atoms with van der Waals surface area (Å²) in [6.07, 6.45) is 0. The lowest BCUT2D eigenvalue weighted by molar-refractivity contribution is 0.373. The van der Waals surface area contributed by atoms with Gasteiger partial charge in [-0.15, -0.1) is 0 Å². The van der Waals surface area contributed by atoms with E-state index in [0.717, 1.165) is 16.7 Å². The van der Waals surface area contributed by atoms with Crippen molar-refractivity contribution < 1.29 is 18.3 Å². The molecule has 0 heterocycles. The van der Waals surface area contributed by atoms with Crippen molar-refractivity contribution in [3.05, 3.63) is 59.2 Å². The Morgan fingerprint density at radius 3 is 2.38 bits per heavy atom. The molecule has 0 spiro atoms. The van der Waals surface area contributed by atoms with Crippen LogP contribution in [0.15, 0.2) is 42.5 Å². The maximum absolute atomic E-state index is 12.2. The van der Waals surface area contributed by atoms with Gasteiger partial charge in [-0.1, -0.05) is 30.3 Å². The van der Waals surface area contributed by atoms with Crippen molar-refractivity contribution >= 4 is 10.0 Å². The van der Waals surface area contributed by atoms with Crippen LogP contribution in [0.1, 0.15) is 30.5 Å². The molecule has 3 N–H and O–H groups in total. The zero-order chi connectivity index (χ0) is 19.2. The van der Waals surface area contributed by atoms with E-state index < -0.39 is 10.0 Å². The van der Waals surface area contributed by atoms with E-state index in [0.29, 0.717) is 18.8 Å². The summed E-state index contributed by atoms with van der Waals surface area (Å²) in [5.41, 5.74) is 2.61. The van der Waals surface area contributed by atoms with Crippen LogP contribution >= 0.6 is 0 Å². The quantitative estimate of drug-likeness (QED) is 0.624. The minimum Gasteiger partial charge on any atom is -0.504 e. The molecule has 0 aliphatic rings. The molecule has 26 heavy (non-hydrogen) atoms. The predicted octanol–water partition coefficient (Wildman–Crippen LogP) is 2.52. The van der Waals surface area contributed by atoms with Gasteiger partial charge in [-0.2, -0.15) is 0 Å². The van der Waals surface area contributed by atoms with E-state index in [1.165, 1.54) is 7.11 Å². The van der Waals surface area contributed by atoms with Gasteiger partial charge >= 0.3 is 0 Å². The van der Waals surface area contributed by atoms with Gasteiger partial charge in [-0.05, 0) is 42.7 Å². The number of benzene rings is 2. The number of phenolic OH excluding ortho intramolecular Hbond substituents is 1. The highest BCUT2D eigenvalue weighted by molar-refractivity contribution is 7.88. The van der Waals surface area contributed by atoms with Crippen molar-refractivity contribution in [3.63, 3.8) is 0 Å². The number of hydrogen-bond donors (Lipinski definition) is 3. The molecule has 2 rings (SSSR count). The Balaban J connectivity index is 2.01. The first kappa shape index (κ1) is 20.2. The maximum Gasteiger partial charge on any atom is 0.216 e. The molecule has 0 saturated carbocycles. The first-order valence-electron chi connectivity index (χ1n) is 8.44. The fourth-order valence-corrected chi connectivity index (χ4v) is 4.16. The number of nitrogens with one attached hydrogen (secondary N) is 2. The summed E-state index contributed by atoms with van der Waals surface area (Å²) in [6.45, 7) is 4.67. The summed E-state index contributed by atoms with van der Waals surface area (Å²) >= 11 is 0. The van der Waals surface area contributed by atoms with E-state index in [1.54, 1.807) is 26.0 Å². The smallest absolute Gasteiger partial charge is 0.216 e. The minimum atomic E-state index is -3.37. The van der Waals surface area contributed by atoms with E-state index in [-0.39, 0.29) is 17.5 Å². The summed E-state index contributed by atoms with van der Waals surface area (Å²) < 4.78 is 32.0. The van der Waals surface area contributed by atoms with Crippen LogP contribution in [0.25, 0.3) is 0 Å². The van der Waals surface area contributed by atoms with Gasteiger partial charge in [0.05, 0.1) is 12.9 Å². The third-order valence-electron chi connectivity index (χ3n) is 3.77. The average molecular weight is 378 g/mol. The lowest BCUT2D eigenvalue weighted by Gasteiger charge is -2.13. The molecule has 0 unspecified atom stereocenters. The van der Waals surface area contributed by atoms with Gasteiger partial charge in [0, 0.05) is 19.1 Å². The number of hydrogen-bond acceptors (Lipinski definition) is 5. The minimum absolute atomic E-state index is 0.0492. The molecule has 142 valence electrons. The van der Waals surface area contributed by atoms with Gasteiger partial charge in [0.15, 0.2) is 11.5 Å². The Kier molecular flexibility index (Phi) is 7.02. The van der Waals surface area contributed by atoms with Gasteiger partial charge in [0.2, 0.25) is 10.0 Å². The van der Waals surface area contributed by atoms with Gasteiger partial charge in [-0.25, -0.2) is 13.1 Å². The van der Waals surface area contributed by atoms with E-state index in [4.69, 9.17) is 4.74 Å². The van der Waals surface area contributed by atoms with Crippen LogP contribution in [0.3, 0.4) is 0 Å². The van der Waals surface area contributed by atoms with E-state index in [1.807, 2.05) is 30.3 Å². The van der Waals surface area contributed by atoms with Crippen LogP contribution in [-0.4, -0.2) is 26.7 Å². The molecule has 0 bridgehead atoms. The second-order valence-corrected chi connectivity index (χ2v) is 8.16. The summed E-state index contributed by atoms with van der Waals surface area (Å²) in [7, 11) is -1.87. The lowest BCUT2D eigenvalue weighted by Crippen LogP contribution is -2.31. The third-order valence-corrected chi connectivity index (χ3v) is 5.29. The Morgan fingerprint density at radius 1 is 1.08 bits per heavy atom. The predicted molar refractivity (Wildman–Crippen MR) is 103 cm³/mol. The summed E-state index contributed by atoms with van der Waals surface area (Å²) in [6, 6.07) is 12.6. The fraction of sp³-hybridized carbons (Fsp3) is 0.368. The van der Waals surface area contributed by atoms with Crippen LogP contribution in [-0.2, 0) is 28.9 Å². The first-order chi connectivity index (χ1) is 12.3. The lowest BCUT2D eigenvalue weighted by atomic mass is 10.1. The monoisotopic (exact) mass is 378 g/mol.